The molecule has 8 heteroatoms. The normalized spacial score (nSPS) is 13.5. The van der Waals surface area contributed by atoms with E-state index < -0.39 is 15.7 Å². The van der Waals surface area contributed by atoms with Crippen LogP contribution >= 0.6 is 0 Å². The van der Waals surface area contributed by atoms with Gasteiger partial charge in [0.1, 0.15) is 10.7 Å². The Kier molecular flexibility index (Phi) is 5.16. The second kappa shape index (κ2) is 6.76. The van der Waals surface area contributed by atoms with Crippen molar-refractivity contribution in [2.75, 3.05) is 6.26 Å². The topological polar surface area (TPSA) is 85.1 Å². The van der Waals surface area contributed by atoms with Crippen LogP contribution in [0.5, 0.6) is 0 Å². The molecule has 126 valence electrons. The molecule has 6 nitrogen and oxygen atoms in total. The van der Waals surface area contributed by atoms with Crippen LogP contribution in [0.2, 0.25) is 0 Å². The highest BCUT2D eigenvalue weighted by Crippen LogP contribution is 2.20. The van der Waals surface area contributed by atoms with Crippen molar-refractivity contribution in [2.45, 2.75) is 44.2 Å². The molecular formula is C15H20FN3O3S. The lowest BCUT2D eigenvalue weighted by molar-refractivity contribution is 0.406. The molecule has 1 N–H and O–H groups in total. The molecule has 0 aliphatic carbocycles. The maximum atomic E-state index is 13.9. The number of hydrogen-bond donors (Lipinski definition) is 1. The van der Waals surface area contributed by atoms with Gasteiger partial charge in [-0.15, -0.1) is 10.2 Å². The number of sulfone groups is 1. The molecule has 1 heterocycles. The Labute approximate surface area is 135 Å². The van der Waals surface area contributed by atoms with Gasteiger partial charge in [0.2, 0.25) is 11.8 Å². The maximum absolute atomic E-state index is 13.9. The van der Waals surface area contributed by atoms with Crippen LogP contribution in [0, 0.1) is 5.82 Å². The molecular weight excluding hydrogens is 321 g/mol. The van der Waals surface area contributed by atoms with Gasteiger partial charge in [0.15, 0.2) is 9.84 Å². The van der Waals surface area contributed by atoms with Crippen molar-refractivity contribution in [1.82, 2.24) is 15.5 Å². The second-order valence-electron chi connectivity index (χ2n) is 5.75. The van der Waals surface area contributed by atoms with Crippen LogP contribution in [0.25, 0.3) is 0 Å². The van der Waals surface area contributed by atoms with Crippen LogP contribution in [-0.4, -0.2) is 24.9 Å². The van der Waals surface area contributed by atoms with Gasteiger partial charge in [-0.1, -0.05) is 19.9 Å². The Balaban J connectivity index is 2.05. The number of nitrogens with one attached hydrogen (secondary N) is 1. The minimum atomic E-state index is -3.57. The summed E-state index contributed by atoms with van der Waals surface area (Å²) in [4.78, 5) is -0.299. The molecule has 2 aromatic rings. The summed E-state index contributed by atoms with van der Waals surface area (Å²) in [5, 5.41) is 11.0. The monoisotopic (exact) mass is 341 g/mol. The summed E-state index contributed by atoms with van der Waals surface area (Å²) in [6.07, 6.45) is 0.981. The van der Waals surface area contributed by atoms with Crippen molar-refractivity contribution in [2.24, 2.45) is 0 Å². The largest absolute Gasteiger partial charge is 0.424 e. The number of aromatic nitrogens is 2. The fraction of sp³-hybridized carbons (Fsp3) is 0.467. The van der Waals surface area contributed by atoms with Crippen molar-refractivity contribution in [3.05, 3.63) is 41.4 Å². The highest BCUT2D eigenvalue weighted by atomic mass is 32.2. The first-order valence-corrected chi connectivity index (χ1v) is 9.12. The average Bonchev–Trinajstić information content (AvgIpc) is 2.92. The highest BCUT2D eigenvalue weighted by molar-refractivity contribution is 7.90. The third-order valence-electron chi connectivity index (χ3n) is 3.39. The van der Waals surface area contributed by atoms with Crippen molar-refractivity contribution < 1.29 is 17.2 Å². The van der Waals surface area contributed by atoms with E-state index in [1.54, 1.807) is 6.07 Å². The standard InChI is InChI=1S/C15H20FN3O3S/c1-9(2)15-19-18-14(22-15)8-17-10(3)11-5-6-13(12(16)7-11)23(4,20)21/h5-7,9-10,17H,8H2,1-4H3/t10-/m1/s1. The van der Waals surface area contributed by atoms with Crippen LogP contribution in [0.3, 0.4) is 0 Å². The number of halogens is 1. The molecule has 1 atom stereocenters. The van der Waals surface area contributed by atoms with Crippen molar-refractivity contribution >= 4 is 9.84 Å². The minimum Gasteiger partial charge on any atom is -0.424 e. The van der Waals surface area contributed by atoms with Gasteiger partial charge in [0.05, 0.1) is 6.54 Å². The van der Waals surface area contributed by atoms with Gasteiger partial charge >= 0.3 is 0 Å². The SMILES string of the molecule is CC(C)c1nnc(CN[C@H](C)c2ccc(S(C)(=O)=O)c(F)c2)o1. The first-order valence-electron chi connectivity index (χ1n) is 7.23. The van der Waals surface area contributed by atoms with Crippen molar-refractivity contribution in [3.8, 4) is 0 Å². The summed E-state index contributed by atoms with van der Waals surface area (Å²) in [5.41, 5.74) is 0.637. The van der Waals surface area contributed by atoms with Crippen LogP contribution in [-0.2, 0) is 16.4 Å². The van der Waals surface area contributed by atoms with Crippen LogP contribution in [0.1, 0.15) is 50.1 Å². The van der Waals surface area contributed by atoms with Gasteiger partial charge in [0.25, 0.3) is 0 Å². The molecule has 0 saturated carbocycles. The average molecular weight is 341 g/mol. The Morgan fingerprint density at radius 2 is 1.96 bits per heavy atom. The van der Waals surface area contributed by atoms with E-state index in [0.717, 1.165) is 6.26 Å². The molecule has 0 fully saturated rings. The zero-order chi connectivity index (χ0) is 17.2. The van der Waals surface area contributed by atoms with Gasteiger partial charge in [-0.3, -0.25) is 0 Å². The molecule has 0 spiro atoms. The third-order valence-corrected chi connectivity index (χ3v) is 4.52. The summed E-state index contributed by atoms with van der Waals surface area (Å²) in [6.45, 7) is 6.10. The third kappa shape index (κ3) is 4.35. The molecule has 23 heavy (non-hydrogen) atoms. The molecule has 1 aromatic carbocycles. The minimum absolute atomic E-state index is 0.159. The van der Waals surface area contributed by atoms with E-state index in [4.69, 9.17) is 4.42 Å². The molecule has 0 aliphatic heterocycles. The lowest BCUT2D eigenvalue weighted by atomic mass is 10.1. The molecule has 0 aliphatic rings. The smallest absolute Gasteiger partial charge is 0.230 e. The van der Waals surface area contributed by atoms with E-state index in [-0.39, 0.29) is 16.9 Å². The molecule has 0 unspecified atom stereocenters. The van der Waals surface area contributed by atoms with E-state index in [1.807, 2.05) is 20.8 Å². The predicted molar refractivity (Wildman–Crippen MR) is 83.2 cm³/mol. The first kappa shape index (κ1) is 17.6. The zero-order valence-electron chi connectivity index (χ0n) is 13.5. The first-order chi connectivity index (χ1) is 10.7. The van der Waals surface area contributed by atoms with Gasteiger partial charge < -0.3 is 9.73 Å². The lowest BCUT2D eigenvalue weighted by Crippen LogP contribution is -2.18. The van der Waals surface area contributed by atoms with Crippen LogP contribution in [0.4, 0.5) is 4.39 Å². The molecule has 0 radical (unpaired) electrons. The Morgan fingerprint density at radius 1 is 1.26 bits per heavy atom. The number of benzene rings is 1. The summed E-state index contributed by atoms with van der Waals surface area (Å²) in [6, 6.07) is 3.89. The van der Waals surface area contributed by atoms with Crippen molar-refractivity contribution in [3.63, 3.8) is 0 Å². The molecule has 0 bridgehead atoms. The number of nitrogens with zero attached hydrogens (tertiary/aromatic N) is 2. The lowest BCUT2D eigenvalue weighted by Gasteiger charge is -2.13. The number of hydrogen-bond acceptors (Lipinski definition) is 6. The Hall–Kier alpha value is -1.80. The van der Waals surface area contributed by atoms with Gasteiger partial charge in [-0.05, 0) is 24.6 Å². The zero-order valence-corrected chi connectivity index (χ0v) is 14.3. The molecule has 0 amide bonds. The van der Waals surface area contributed by atoms with E-state index in [2.05, 4.69) is 15.5 Å². The summed E-state index contributed by atoms with van der Waals surface area (Å²) >= 11 is 0. The predicted octanol–water partition coefficient (Wildman–Crippen LogP) is 2.59. The van der Waals surface area contributed by atoms with Crippen molar-refractivity contribution in [1.29, 1.82) is 0 Å². The molecule has 2 rings (SSSR count). The maximum Gasteiger partial charge on any atom is 0.230 e. The number of rotatable bonds is 6. The second-order valence-corrected chi connectivity index (χ2v) is 7.74. The summed E-state index contributed by atoms with van der Waals surface area (Å²) in [7, 11) is -3.57. The Morgan fingerprint density at radius 3 is 2.48 bits per heavy atom. The molecule has 0 saturated heterocycles. The van der Waals surface area contributed by atoms with Gasteiger partial charge in [-0.25, -0.2) is 12.8 Å². The van der Waals surface area contributed by atoms with E-state index in [1.165, 1.54) is 12.1 Å². The fourth-order valence-corrected chi connectivity index (χ4v) is 2.75. The molecule has 1 aromatic heterocycles. The van der Waals surface area contributed by atoms with Gasteiger partial charge in [-0.2, -0.15) is 0 Å². The fourth-order valence-electron chi connectivity index (χ4n) is 2.02. The van der Waals surface area contributed by atoms with Crippen LogP contribution in [0.15, 0.2) is 27.5 Å². The highest BCUT2D eigenvalue weighted by Gasteiger charge is 2.16. The Bertz CT molecular complexity index is 787. The van der Waals surface area contributed by atoms with E-state index in [9.17, 15) is 12.8 Å². The van der Waals surface area contributed by atoms with Gasteiger partial charge in [0, 0.05) is 18.2 Å². The van der Waals surface area contributed by atoms with E-state index in [0.29, 0.717) is 23.9 Å². The quantitative estimate of drug-likeness (QED) is 0.869. The van der Waals surface area contributed by atoms with Crippen LogP contribution < -0.4 is 5.32 Å². The summed E-state index contributed by atoms with van der Waals surface area (Å²) < 4.78 is 42.2. The summed E-state index contributed by atoms with van der Waals surface area (Å²) in [5.74, 6) is 0.427. The van der Waals surface area contributed by atoms with E-state index >= 15 is 0 Å².